The Balaban J connectivity index is 1.49. The maximum absolute atomic E-state index is 13.4. The first-order chi connectivity index (χ1) is 18.0. The predicted octanol–water partition coefficient (Wildman–Crippen LogP) is 4.61. The summed E-state index contributed by atoms with van der Waals surface area (Å²) >= 11 is 0. The highest BCUT2D eigenvalue weighted by Gasteiger charge is 2.44. The number of esters is 2. The third-order valence-electron chi connectivity index (χ3n) is 7.54. The molecule has 3 aromatic rings. The van der Waals surface area contributed by atoms with Crippen molar-refractivity contribution in [1.29, 1.82) is 0 Å². The van der Waals surface area contributed by atoms with E-state index in [1.807, 2.05) is 30.3 Å². The lowest BCUT2D eigenvalue weighted by molar-refractivity contribution is -0.128. The Bertz CT molecular complexity index is 1340. The molecule has 2 bridgehead atoms. The van der Waals surface area contributed by atoms with Crippen molar-refractivity contribution in [2.45, 2.75) is 31.6 Å². The zero-order chi connectivity index (χ0) is 25.9. The van der Waals surface area contributed by atoms with Crippen molar-refractivity contribution in [1.82, 2.24) is 9.88 Å². The van der Waals surface area contributed by atoms with E-state index < -0.39 is 18.0 Å². The first-order valence-corrected chi connectivity index (χ1v) is 12.5. The minimum atomic E-state index is -0.568. The minimum absolute atomic E-state index is 0.00935. The van der Waals surface area contributed by atoms with Crippen LogP contribution in [0, 0.1) is 11.8 Å². The van der Waals surface area contributed by atoms with E-state index >= 15 is 0 Å². The van der Waals surface area contributed by atoms with Crippen molar-refractivity contribution in [3.05, 3.63) is 96.7 Å². The van der Waals surface area contributed by atoms with E-state index in [1.165, 1.54) is 0 Å². The van der Waals surface area contributed by atoms with Gasteiger partial charge >= 0.3 is 11.9 Å². The Hall–Kier alpha value is -3.81. The minimum Gasteiger partial charge on any atom is -0.452 e. The van der Waals surface area contributed by atoms with Crippen LogP contribution < -0.4 is 4.74 Å². The van der Waals surface area contributed by atoms with Crippen LogP contribution in [0.25, 0.3) is 10.9 Å². The van der Waals surface area contributed by atoms with E-state index in [0.29, 0.717) is 23.1 Å². The summed E-state index contributed by atoms with van der Waals surface area (Å²) in [5.41, 5.74) is 2.79. The number of hydrogen-bond acceptors (Lipinski definition) is 7. The van der Waals surface area contributed by atoms with Crippen molar-refractivity contribution in [2.24, 2.45) is 11.8 Å². The number of carbonyl (C=O) groups excluding carboxylic acids is 2. The van der Waals surface area contributed by atoms with Crippen molar-refractivity contribution in [2.75, 3.05) is 13.1 Å². The van der Waals surface area contributed by atoms with Crippen LogP contribution in [0.4, 0.5) is 0 Å². The topological polar surface area (TPSA) is 89.0 Å². The van der Waals surface area contributed by atoms with Crippen LogP contribution >= 0.6 is 0 Å². The number of piperidine rings is 3. The van der Waals surface area contributed by atoms with Crippen LogP contribution in [0.2, 0.25) is 0 Å². The van der Waals surface area contributed by atoms with E-state index in [-0.39, 0.29) is 12.6 Å². The molecule has 1 aromatic heterocycles. The molecule has 3 saturated heterocycles. The van der Waals surface area contributed by atoms with Gasteiger partial charge in [0, 0.05) is 29.8 Å². The van der Waals surface area contributed by atoms with Gasteiger partial charge in [-0.3, -0.25) is 9.88 Å². The molecule has 3 aliphatic heterocycles. The summed E-state index contributed by atoms with van der Waals surface area (Å²) < 4.78 is 11.4. The molecule has 4 heterocycles. The quantitative estimate of drug-likeness (QED) is 0.210. The zero-order valence-electron chi connectivity index (χ0n) is 20.6. The van der Waals surface area contributed by atoms with Gasteiger partial charge in [0.05, 0.1) is 23.7 Å². The molecule has 0 saturated carbocycles. The molecule has 1 N–H and O–H groups in total. The Morgan fingerprint density at radius 2 is 1.97 bits per heavy atom. The van der Waals surface area contributed by atoms with Crippen molar-refractivity contribution < 1.29 is 24.2 Å². The van der Waals surface area contributed by atoms with Crippen LogP contribution in [0.1, 0.15) is 40.4 Å². The molecule has 3 fully saturated rings. The number of aromatic nitrogens is 1. The second-order valence-electron chi connectivity index (χ2n) is 9.63. The summed E-state index contributed by atoms with van der Waals surface area (Å²) in [6.45, 7) is 9.17. The van der Waals surface area contributed by atoms with Crippen molar-refractivity contribution in [3.63, 3.8) is 0 Å². The van der Waals surface area contributed by atoms with Gasteiger partial charge in [-0.05, 0) is 79.3 Å². The second kappa shape index (κ2) is 10.7. The maximum Gasteiger partial charge on any atom is 0.338 e. The number of benzene rings is 2. The molecule has 0 spiro atoms. The standard InChI is InChI=1S/C30H30N2O5/c1-3-20-17-32-14-12-22(20)16-27(32)29(24-11-13-31-26-10-5-19(18-33)15-25(24)26)37-30(35)21-6-8-23(9-7-21)36-28(34)4-2/h3-11,13,15,20,22,27,29,33H,1-2,12,14,16-18H2/t20-,22?,27-,29-/m0/s1. The van der Waals surface area contributed by atoms with Gasteiger partial charge in [-0.2, -0.15) is 0 Å². The van der Waals surface area contributed by atoms with Gasteiger partial charge in [-0.1, -0.05) is 18.7 Å². The van der Waals surface area contributed by atoms with E-state index in [9.17, 15) is 14.7 Å². The average Bonchev–Trinajstić information content (AvgIpc) is 2.95. The summed E-state index contributed by atoms with van der Waals surface area (Å²) in [4.78, 5) is 31.8. The molecule has 5 atom stereocenters. The number of ether oxygens (including phenoxy) is 2. The Morgan fingerprint density at radius 1 is 1.16 bits per heavy atom. The van der Waals surface area contributed by atoms with Gasteiger partial charge in [-0.25, -0.2) is 9.59 Å². The number of hydrogen-bond donors (Lipinski definition) is 1. The fraction of sp³-hybridized carbons (Fsp3) is 0.300. The van der Waals surface area contributed by atoms with Crippen LogP contribution in [0.15, 0.2) is 80.0 Å². The molecule has 6 rings (SSSR count). The lowest BCUT2D eigenvalue weighted by Gasteiger charge is -2.51. The summed E-state index contributed by atoms with van der Waals surface area (Å²) in [5.74, 6) is 0.219. The van der Waals surface area contributed by atoms with Crippen LogP contribution in [-0.2, 0) is 16.1 Å². The molecule has 7 nitrogen and oxygen atoms in total. The zero-order valence-corrected chi connectivity index (χ0v) is 20.6. The fourth-order valence-electron chi connectivity index (χ4n) is 5.60. The van der Waals surface area contributed by atoms with Gasteiger partial charge in [0.15, 0.2) is 0 Å². The molecule has 0 amide bonds. The number of aliphatic hydroxyl groups is 1. The fourth-order valence-corrected chi connectivity index (χ4v) is 5.60. The Labute approximate surface area is 216 Å². The van der Waals surface area contributed by atoms with E-state index in [2.05, 4.69) is 23.0 Å². The number of pyridine rings is 1. The third-order valence-corrected chi connectivity index (χ3v) is 7.54. The third kappa shape index (κ3) is 5.05. The van der Waals surface area contributed by atoms with Gasteiger partial charge in [0.25, 0.3) is 0 Å². The molecule has 37 heavy (non-hydrogen) atoms. The van der Waals surface area contributed by atoms with Gasteiger partial charge in [0.2, 0.25) is 0 Å². The molecule has 190 valence electrons. The van der Waals surface area contributed by atoms with Gasteiger partial charge in [-0.15, -0.1) is 6.58 Å². The van der Waals surface area contributed by atoms with Crippen LogP contribution in [0.3, 0.4) is 0 Å². The normalized spacial score (nSPS) is 23.3. The molecule has 7 heteroatoms. The molecule has 2 unspecified atom stereocenters. The maximum atomic E-state index is 13.4. The summed E-state index contributed by atoms with van der Waals surface area (Å²) in [5, 5.41) is 10.6. The number of nitrogens with zero attached hydrogens (tertiary/aromatic N) is 2. The molecule has 0 radical (unpaired) electrons. The van der Waals surface area contributed by atoms with E-state index in [4.69, 9.17) is 9.47 Å². The smallest absolute Gasteiger partial charge is 0.338 e. The lowest BCUT2D eigenvalue weighted by atomic mass is 9.73. The summed E-state index contributed by atoms with van der Waals surface area (Å²) in [7, 11) is 0. The molecule has 0 aliphatic carbocycles. The number of aliphatic hydroxyl groups excluding tert-OH is 1. The number of fused-ring (bicyclic) bond motifs is 4. The molecular formula is C30H30N2O5. The van der Waals surface area contributed by atoms with E-state index in [1.54, 1.807) is 30.5 Å². The largest absolute Gasteiger partial charge is 0.452 e. The monoisotopic (exact) mass is 498 g/mol. The summed E-state index contributed by atoms with van der Waals surface area (Å²) in [6, 6.07) is 13.9. The number of carbonyl (C=O) groups is 2. The second-order valence-corrected chi connectivity index (χ2v) is 9.63. The van der Waals surface area contributed by atoms with Crippen molar-refractivity contribution in [3.8, 4) is 5.75 Å². The first-order valence-electron chi connectivity index (χ1n) is 12.5. The molecular weight excluding hydrogens is 468 g/mol. The van der Waals surface area contributed by atoms with E-state index in [0.717, 1.165) is 54.0 Å². The Kier molecular flexibility index (Phi) is 7.17. The van der Waals surface area contributed by atoms with Gasteiger partial charge < -0.3 is 14.6 Å². The average molecular weight is 499 g/mol. The number of rotatable bonds is 8. The van der Waals surface area contributed by atoms with Crippen LogP contribution in [-0.4, -0.2) is 46.1 Å². The van der Waals surface area contributed by atoms with Crippen LogP contribution in [0.5, 0.6) is 5.75 Å². The summed E-state index contributed by atoms with van der Waals surface area (Å²) in [6.07, 6.45) is 6.34. The molecule has 2 aromatic carbocycles. The predicted molar refractivity (Wildman–Crippen MR) is 140 cm³/mol. The van der Waals surface area contributed by atoms with Gasteiger partial charge in [0.1, 0.15) is 11.9 Å². The highest BCUT2D eigenvalue weighted by molar-refractivity contribution is 5.90. The first kappa shape index (κ1) is 24.9. The van der Waals surface area contributed by atoms with Crippen molar-refractivity contribution >= 4 is 22.8 Å². The lowest BCUT2D eigenvalue weighted by Crippen LogP contribution is -2.55. The Morgan fingerprint density at radius 3 is 2.65 bits per heavy atom. The SMILES string of the molecule is C=CC(=O)Oc1ccc(C(=O)O[C@@H](c2ccnc3ccc(CO)cc23)[C@@H]2CC3CCN2C[C@@H]3C=C)cc1. The molecule has 3 aliphatic rings. The highest BCUT2D eigenvalue weighted by Crippen LogP contribution is 2.43. The highest BCUT2D eigenvalue weighted by atomic mass is 16.5.